The number of benzene rings is 2. The highest BCUT2D eigenvalue weighted by molar-refractivity contribution is 6.03. The Morgan fingerprint density at radius 2 is 1.64 bits per heavy atom. The normalized spacial score (nSPS) is 13.4. The molecule has 1 aromatic heterocycles. The van der Waals surface area contributed by atoms with Crippen molar-refractivity contribution in [2.45, 2.75) is 12.8 Å². The third-order valence-corrected chi connectivity index (χ3v) is 4.60. The van der Waals surface area contributed by atoms with Crippen LogP contribution >= 0.6 is 0 Å². The van der Waals surface area contributed by atoms with Gasteiger partial charge in [-0.05, 0) is 67.4 Å². The van der Waals surface area contributed by atoms with E-state index in [9.17, 15) is 9.18 Å². The number of carbonyl (C=O) groups excluding carboxylic acids is 1. The van der Waals surface area contributed by atoms with E-state index in [-0.39, 0.29) is 5.56 Å². The van der Waals surface area contributed by atoms with Crippen LogP contribution in [0.3, 0.4) is 0 Å². The van der Waals surface area contributed by atoms with Crippen molar-refractivity contribution in [2.24, 2.45) is 0 Å². The van der Waals surface area contributed by atoms with Gasteiger partial charge in [0, 0.05) is 30.0 Å². The van der Waals surface area contributed by atoms with Gasteiger partial charge in [-0.25, -0.2) is 4.39 Å². The van der Waals surface area contributed by atoms with Crippen molar-refractivity contribution >= 4 is 28.9 Å². The molecule has 1 saturated heterocycles. The molecule has 0 aliphatic carbocycles. The molecule has 6 nitrogen and oxygen atoms in total. The van der Waals surface area contributed by atoms with Crippen LogP contribution in [0.2, 0.25) is 0 Å². The molecule has 0 spiro atoms. The van der Waals surface area contributed by atoms with Gasteiger partial charge in [0.15, 0.2) is 11.6 Å². The molecular weight excluding hydrogens is 357 g/mol. The summed E-state index contributed by atoms with van der Waals surface area (Å²) < 4.78 is 13.2. The average molecular weight is 377 g/mol. The second kappa shape index (κ2) is 8.04. The highest BCUT2D eigenvalue weighted by Crippen LogP contribution is 2.23. The maximum Gasteiger partial charge on any atom is 0.256 e. The molecule has 0 atom stereocenters. The largest absolute Gasteiger partial charge is 0.372 e. The zero-order valence-electron chi connectivity index (χ0n) is 15.2. The van der Waals surface area contributed by atoms with Crippen LogP contribution in [0.25, 0.3) is 0 Å². The highest BCUT2D eigenvalue weighted by atomic mass is 19.1. The molecule has 7 heteroatoms. The molecule has 3 aromatic rings. The predicted octanol–water partition coefficient (Wildman–Crippen LogP) is 4.21. The van der Waals surface area contributed by atoms with Crippen LogP contribution in [-0.4, -0.2) is 29.2 Å². The maximum absolute atomic E-state index is 13.2. The summed E-state index contributed by atoms with van der Waals surface area (Å²) >= 11 is 0. The molecule has 142 valence electrons. The summed E-state index contributed by atoms with van der Waals surface area (Å²) in [5.41, 5.74) is 2.36. The van der Waals surface area contributed by atoms with Crippen LogP contribution in [0.1, 0.15) is 23.2 Å². The number of anilines is 4. The van der Waals surface area contributed by atoms with Gasteiger partial charge in [0.1, 0.15) is 5.82 Å². The third-order valence-electron chi connectivity index (χ3n) is 4.60. The number of hydrogen-bond donors (Lipinski definition) is 2. The first kappa shape index (κ1) is 17.9. The molecule has 28 heavy (non-hydrogen) atoms. The minimum absolute atomic E-state index is 0.224. The summed E-state index contributed by atoms with van der Waals surface area (Å²) in [5, 5.41) is 13.9. The van der Waals surface area contributed by atoms with Crippen molar-refractivity contribution in [3.63, 3.8) is 0 Å². The minimum atomic E-state index is -0.464. The molecule has 0 unspecified atom stereocenters. The van der Waals surface area contributed by atoms with E-state index in [2.05, 4.69) is 37.9 Å². The van der Waals surface area contributed by atoms with Crippen molar-refractivity contribution < 1.29 is 9.18 Å². The number of halogens is 1. The predicted molar refractivity (Wildman–Crippen MR) is 108 cm³/mol. The molecule has 1 aliphatic heterocycles. The Kier molecular flexibility index (Phi) is 5.14. The molecule has 2 N–H and O–H groups in total. The van der Waals surface area contributed by atoms with Crippen molar-refractivity contribution in [1.82, 2.24) is 10.2 Å². The van der Waals surface area contributed by atoms with Crippen molar-refractivity contribution in [3.8, 4) is 0 Å². The Hall–Kier alpha value is -3.48. The lowest BCUT2D eigenvalue weighted by molar-refractivity contribution is 0.102. The maximum atomic E-state index is 13.2. The lowest BCUT2D eigenvalue weighted by atomic mass is 10.2. The van der Waals surface area contributed by atoms with E-state index in [1.165, 1.54) is 42.8 Å². The summed E-state index contributed by atoms with van der Waals surface area (Å²) in [4.78, 5) is 14.5. The zero-order chi connectivity index (χ0) is 19.3. The molecule has 1 fully saturated rings. The third kappa shape index (κ3) is 4.25. The van der Waals surface area contributed by atoms with Crippen molar-refractivity contribution in [3.05, 3.63) is 72.0 Å². The Morgan fingerprint density at radius 1 is 0.929 bits per heavy atom. The number of aromatic nitrogens is 2. The first-order valence-electron chi connectivity index (χ1n) is 9.20. The second-order valence-corrected chi connectivity index (χ2v) is 6.63. The van der Waals surface area contributed by atoms with E-state index in [4.69, 9.17) is 0 Å². The number of carbonyl (C=O) groups is 1. The molecule has 2 aromatic carbocycles. The summed E-state index contributed by atoms with van der Waals surface area (Å²) in [6, 6.07) is 17.0. The average Bonchev–Trinajstić information content (AvgIpc) is 3.25. The van der Waals surface area contributed by atoms with Crippen LogP contribution in [0.4, 0.5) is 27.4 Å². The van der Waals surface area contributed by atoms with Crippen LogP contribution in [0.5, 0.6) is 0 Å². The van der Waals surface area contributed by atoms with Gasteiger partial charge >= 0.3 is 0 Å². The van der Waals surface area contributed by atoms with E-state index in [1.54, 1.807) is 12.1 Å². The highest BCUT2D eigenvalue weighted by Gasteiger charge is 2.12. The van der Waals surface area contributed by atoms with Gasteiger partial charge in [0.05, 0.1) is 0 Å². The first-order valence-corrected chi connectivity index (χ1v) is 9.20. The standard InChI is InChI=1S/C21H20FN5O/c22-16-5-3-4-15(14-16)21(28)24-20-11-10-19(25-26-20)23-17-6-8-18(9-7-17)27-12-1-2-13-27/h3-11,14H,1-2,12-13H2,(H,23,25)(H,24,26,28). The number of amides is 1. The van der Waals surface area contributed by atoms with E-state index in [0.717, 1.165) is 18.8 Å². The molecular formula is C21H20FN5O. The Labute approximate surface area is 162 Å². The van der Waals surface area contributed by atoms with Crippen molar-refractivity contribution in [2.75, 3.05) is 28.6 Å². The fraction of sp³-hybridized carbons (Fsp3) is 0.190. The minimum Gasteiger partial charge on any atom is -0.372 e. The van der Waals surface area contributed by atoms with Gasteiger partial charge in [-0.1, -0.05) is 6.07 Å². The Bertz CT molecular complexity index is 953. The van der Waals surface area contributed by atoms with E-state index in [1.807, 2.05) is 12.1 Å². The summed E-state index contributed by atoms with van der Waals surface area (Å²) in [7, 11) is 0. The molecule has 4 rings (SSSR count). The fourth-order valence-electron chi connectivity index (χ4n) is 3.16. The summed E-state index contributed by atoms with van der Waals surface area (Å²) in [6.07, 6.45) is 2.50. The summed E-state index contributed by atoms with van der Waals surface area (Å²) in [5.74, 6) is -0.0390. The van der Waals surface area contributed by atoms with Gasteiger partial charge in [0.25, 0.3) is 5.91 Å². The second-order valence-electron chi connectivity index (χ2n) is 6.63. The smallest absolute Gasteiger partial charge is 0.256 e. The Balaban J connectivity index is 1.37. The van der Waals surface area contributed by atoms with Gasteiger partial charge in [0.2, 0.25) is 0 Å². The molecule has 1 aliphatic rings. The van der Waals surface area contributed by atoms with E-state index >= 15 is 0 Å². The number of nitrogens with one attached hydrogen (secondary N) is 2. The number of rotatable bonds is 5. The van der Waals surface area contributed by atoms with Crippen LogP contribution < -0.4 is 15.5 Å². The van der Waals surface area contributed by atoms with Gasteiger partial charge in [-0.15, -0.1) is 10.2 Å². The first-order chi connectivity index (χ1) is 13.7. The van der Waals surface area contributed by atoms with Crippen LogP contribution in [0, 0.1) is 5.82 Å². The van der Waals surface area contributed by atoms with E-state index in [0.29, 0.717) is 11.6 Å². The molecule has 0 radical (unpaired) electrons. The van der Waals surface area contributed by atoms with Gasteiger partial charge in [-0.3, -0.25) is 4.79 Å². The number of hydrogen-bond acceptors (Lipinski definition) is 5. The van der Waals surface area contributed by atoms with E-state index < -0.39 is 11.7 Å². The lowest BCUT2D eigenvalue weighted by Gasteiger charge is -2.17. The van der Waals surface area contributed by atoms with Crippen LogP contribution in [0.15, 0.2) is 60.7 Å². The van der Waals surface area contributed by atoms with Gasteiger partial charge in [-0.2, -0.15) is 0 Å². The molecule has 2 heterocycles. The molecule has 0 saturated carbocycles. The Morgan fingerprint density at radius 3 is 2.32 bits per heavy atom. The molecule has 0 bridgehead atoms. The fourth-order valence-corrected chi connectivity index (χ4v) is 3.16. The van der Waals surface area contributed by atoms with Crippen molar-refractivity contribution in [1.29, 1.82) is 0 Å². The molecule has 1 amide bonds. The number of nitrogens with zero attached hydrogens (tertiary/aromatic N) is 3. The monoisotopic (exact) mass is 377 g/mol. The van der Waals surface area contributed by atoms with Gasteiger partial charge < -0.3 is 15.5 Å². The van der Waals surface area contributed by atoms with Crippen LogP contribution in [-0.2, 0) is 0 Å². The topological polar surface area (TPSA) is 70.2 Å². The SMILES string of the molecule is O=C(Nc1ccc(Nc2ccc(N3CCCC3)cc2)nn1)c1cccc(F)c1. The summed E-state index contributed by atoms with van der Waals surface area (Å²) in [6.45, 7) is 2.22. The quantitative estimate of drug-likeness (QED) is 0.697. The lowest BCUT2D eigenvalue weighted by Crippen LogP contribution is -2.17. The zero-order valence-corrected chi connectivity index (χ0v) is 15.2.